The van der Waals surface area contributed by atoms with E-state index in [4.69, 9.17) is 9.79 Å². The van der Waals surface area contributed by atoms with Gasteiger partial charge in [-0.3, -0.25) is 4.57 Å². The molecule has 1 aromatic heterocycles. The highest BCUT2D eigenvalue weighted by Gasteiger charge is 2.12. The maximum Gasteiger partial charge on any atom is 0.325 e. The molecule has 5 heteroatoms. The predicted octanol–water partition coefficient (Wildman–Crippen LogP) is 6.32. The third kappa shape index (κ3) is 5.47. The minimum absolute atomic E-state index is 0.0275. The van der Waals surface area contributed by atoms with Crippen molar-refractivity contribution in [3.05, 3.63) is 47.5 Å². The summed E-state index contributed by atoms with van der Waals surface area (Å²) in [6.45, 7) is 5.33. The molecule has 0 saturated heterocycles. The van der Waals surface area contributed by atoms with E-state index < -0.39 is 7.60 Å². The maximum atomic E-state index is 10.8. The average molecular weight is 401 g/mol. The molecule has 152 valence electrons. The third-order valence-electron chi connectivity index (χ3n) is 5.51. The quantitative estimate of drug-likeness (QED) is 0.309. The summed E-state index contributed by atoms with van der Waals surface area (Å²) in [4.78, 5) is 17.7. The number of aromatic nitrogens is 1. The topological polar surface area (TPSA) is 62.5 Å². The summed E-state index contributed by atoms with van der Waals surface area (Å²) in [6.07, 6.45) is 7.31. The molecule has 2 aromatic carbocycles. The molecule has 0 spiro atoms. The zero-order valence-corrected chi connectivity index (χ0v) is 17.9. The van der Waals surface area contributed by atoms with E-state index in [1.165, 1.54) is 45.8 Å². The van der Waals surface area contributed by atoms with Gasteiger partial charge in [0.1, 0.15) is 0 Å². The second-order valence-electron chi connectivity index (χ2n) is 8.06. The van der Waals surface area contributed by atoms with E-state index in [-0.39, 0.29) is 6.16 Å². The molecule has 3 rings (SSSR count). The van der Waals surface area contributed by atoms with E-state index in [1.807, 2.05) is 0 Å². The molecule has 0 aliphatic carbocycles. The van der Waals surface area contributed by atoms with E-state index >= 15 is 0 Å². The number of aryl methyl sites for hydroxylation is 3. The number of fused-ring (bicyclic) bond motifs is 3. The Bertz CT molecular complexity index is 927. The third-order valence-corrected chi connectivity index (χ3v) is 6.41. The lowest BCUT2D eigenvalue weighted by Crippen LogP contribution is -1.98. The highest BCUT2D eigenvalue weighted by molar-refractivity contribution is 7.51. The number of hydrogen-bond donors (Lipinski definition) is 2. The predicted molar refractivity (Wildman–Crippen MR) is 118 cm³/mol. The lowest BCUT2D eigenvalue weighted by atomic mass is 10.1. The van der Waals surface area contributed by atoms with Crippen molar-refractivity contribution in [3.63, 3.8) is 0 Å². The van der Waals surface area contributed by atoms with Crippen LogP contribution in [0.5, 0.6) is 0 Å². The first-order valence-corrected chi connectivity index (χ1v) is 12.2. The molecule has 0 amide bonds. The van der Waals surface area contributed by atoms with Gasteiger partial charge in [0.15, 0.2) is 0 Å². The standard InChI is InChI=1S/C23H32NO3P/c1-18-10-12-22-20(16-18)21-17-19(2)11-13-23(21)24(22)14-8-6-4-3-5-7-9-15-28(25,26)27/h10-13,16-17H,3-9,14-15H2,1-2H3,(H2,25,26,27). The Morgan fingerprint density at radius 2 is 1.21 bits per heavy atom. The van der Waals surface area contributed by atoms with Gasteiger partial charge in [0, 0.05) is 34.5 Å². The molecule has 0 fully saturated rings. The summed E-state index contributed by atoms with van der Waals surface area (Å²) < 4.78 is 13.3. The molecule has 28 heavy (non-hydrogen) atoms. The van der Waals surface area contributed by atoms with Crippen molar-refractivity contribution < 1.29 is 14.4 Å². The normalized spacial score (nSPS) is 12.3. The first-order chi connectivity index (χ1) is 13.3. The number of nitrogens with zero attached hydrogens (tertiary/aromatic N) is 1. The number of unbranched alkanes of at least 4 members (excludes halogenated alkanes) is 6. The van der Waals surface area contributed by atoms with E-state index in [1.54, 1.807) is 0 Å². The van der Waals surface area contributed by atoms with Crippen molar-refractivity contribution in [1.82, 2.24) is 4.57 Å². The van der Waals surface area contributed by atoms with Gasteiger partial charge in [0.05, 0.1) is 0 Å². The molecule has 1 heterocycles. The van der Waals surface area contributed by atoms with E-state index in [0.717, 1.165) is 32.2 Å². The molecule has 0 saturated carbocycles. The Morgan fingerprint density at radius 3 is 1.71 bits per heavy atom. The van der Waals surface area contributed by atoms with E-state index in [0.29, 0.717) is 6.42 Å². The molecular weight excluding hydrogens is 369 g/mol. The van der Waals surface area contributed by atoms with Crippen LogP contribution >= 0.6 is 7.60 Å². The Balaban J connectivity index is 1.54. The van der Waals surface area contributed by atoms with Crippen molar-refractivity contribution in [1.29, 1.82) is 0 Å². The van der Waals surface area contributed by atoms with E-state index in [9.17, 15) is 4.57 Å². The Morgan fingerprint density at radius 1 is 0.750 bits per heavy atom. The molecule has 0 aliphatic heterocycles. The molecule has 0 unspecified atom stereocenters. The summed E-state index contributed by atoms with van der Waals surface area (Å²) in [5, 5.41) is 2.70. The zero-order valence-electron chi connectivity index (χ0n) is 17.0. The van der Waals surface area contributed by atoms with Crippen molar-refractivity contribution in [3.8, 4) is 0 Å². The minimum Gasteiger partial charge on any atom is -0.340 e. The second kappa shape index (κ2) is 9.26. The van der Waals surface area contributed by atoms with Crippen molar-refractivity contribution in [2.75, 3.05) is 6.16 Å². The highest BCUT2D eigenvalue weighted by atomic mass is 31.2. The van der Waals surface area contributed by atoms with Crippen LogP contribution in [-0.2, 0) is 11.1 Å². The monoisotopic (exact) mass is 401 g/mol. The molecule has 0 aliphatic rings. The van der Waals surface area contributed by atoms with Gasteiger partial charge in [-0.2, -0.15) is 0 Å². The largest absolute Gasteiger partial charge is 0.340 e. The van der Waals surface area contributed by atoms with Gasteiger partial charge in [0.2, 0.25) is 0 Å². The molecule has 0 radical (unpaired) electrons. The van der Waals surface area contributed by atoms with Crippen LogP contribution in [-0.4, -0.2) is 20.5 Å². The maximum absolute atomic E-state index is 10.8. The van der Waals surface area contributed by atoms with Gasteiger partial charge in [-0.05, 0) is 51.0 Å². The highest BCUT2D eigenvalue weighted by Crippen LogP contribution is 2.35. The Hall–Kier alpha value is -1.61. The van der Waals surface area contributed by atoms with Crippen molar-refractivity contribution in [2.45, 2.75) is 65.3 Å². The summed E-state index contributed by atoms with van der Waals surface area (Å²) in [6, 6.07) is 13.5. The van der Waals surface area contributed by atoms with Crippen LogP contribution in [0.25, 0.3) is 21.8 Å². The summed E-state index contributed by atoms with van der Waals surface area (Å²) in [7, 11) is -3.81. The second-order valence-corrected chi connectivity index (χ2v) is 9.83. The van der Waals surface area contributed by atoms with Crippen LogP contribution in [0, 0.1) is 13.8 Å². The summed E-state index contributed by atoms with van der Waals surface area (Å²) in [5.41, 5.74) is 5.24. The van der Waals surface area contributed by atoms with Crippen molar-refractivity contribution >= 4 is 29.4 Å². The molecule has 0 atom stereocenters. The fraction of sp³-hybridized carbons (Fsp3) is 0.478. The van der Waals surface area contributed by atoms with Crippen LogP contribution in [0.3, 0.4) is 0 Å². The van der Waals surface area contributed by atoms with Gasteiger partial charge in [-0.15, -0.1) is 0 Å². The summed E-state index contributed by atoms with van der Waals surface area (Å²) in [5.74, 6) is 0. The fourth-order valence-electron chi connectivity index (χ4n) is 4.04. The van der Waals surface area contributed by atoms with Crippen LogP contribution < -0.4 is 0 Å². The Labute approximate surface area is 167 Å². The molecule has 2 N–H and O–H groups in total. The average Bonchev–Trinajstić information content (AvgIpc) is 2.92. The van der Waals surface area contributed by atoms with Gasteiger partial charge in [-0.1, -0.05) is 55.4 Å². The van der Waals surface area contributed by atoms with Crippen LogP contribution in [0.15, 0.2) is 36.4 Å². The molecular formula is C23H32NO3P. The van der Waals surface area contributed by atoms with Gasteiger partial charge < -0.3 is 14.4 Å². The molecule has 4 nitrogen and oxygen atoms in total. The lowest BCUT2D eigenvalue weighted by molar-refractivity contribution is 0.370. The number of hydrogen-bond acceptors (Lipinski definition) is 1. The van der Waals surface area contributed by atoms with Crippen LogP contribution in [0.2, 0.25) is 0 Å². The molecule has 3 aromatic rings. The smallest absolute Gasteiger partial charge is 0.325 e. The SMILES string of the molecule is Cc1ccc2c(c1)c1cc(C)ccc1n2CCCCCCCCCP(=O)(O)O. The summed E-state index contributed by atoms with van der Waals surface area (Å²) >= 11 is 0. The minimum atomic E-state index is -3.81. The van der Waals surface area contributed by atoms with E-state index in [2.05, 4.69) is 54.8 Å². The Kier molecular flexibility index (Phi) is 6.98. The van der Waals surface area contributed by atoms with Gasteiger partial charge in [-0.25, -0.2) is 0 Å². The molecule has 0 bridgehead atoms. The van der Waals surface area contributed by atoms with Crippen LogP contribution in [0.1, 0.15) is 56.1 Å². The van der Waals surface area contributed by atoms with Crippen molar-refractivity contribution in [2.24, 2.45) is 0 Å². The zero-order chi connectivity index (χ0) is 20.1. The van der Waals surface area contributed by atoms with Gasteiger partial charge in [0.25, 0.3) is 0 Å². The first-order valence-electron chi connectivity index (χ1n) is 10.4. The fourth-order valence-corrected chi connectivity index (χ4v) is 4.68. The van der Waals surface area contributed by atoms with Crippen LogP contribution in [0.4, 0.5) is 0 Å². The van der Waals surface area contributed by atoms with Gasteiger partial charge >= 0.3 is 7.60 Å². The number of benzene rings is 2. The number of rotatable bonds is 10. The first kappa shape index (κ1) is 21.1. The lowest BCUT2D eigenvalue weighted by Gasteiger charge is -2.08.